The van der Waals surface area contributed by atoms with Gasteiger partial charge >= 0.3 is 0 Å². The Kier molecular flexibility index (Phi) is 4.27. The van der Waals surface area contributed by atoms with Gasteiger partial charge in [-0.2, -0.15) is 0 Å². The van der Waals surface area contributed by atoms with Gasteiger partial charge in [0, 0.05) is 6.42 Å². The molecule has 2 saturated carbocycles. The van der Waals surface area contributed by atoms with Crippen molar-refractivity contribution in [2.75, 3.05) is 17.1 Å². The Labute approximate surface area is 163 Å². The SMILES string of the molecule is CCOc1ccc2nc(NS(=O)(=O)CC34CCC(CC3=O)C4(C)C)sc2c1. The van der Waals surface area contributed by atoms with Gasteiger partial charge in [0.05, 0.1) is 28.0 Å². The highest BCUT2D eigenvalue weighted by Crippen LogP contribution is 2.64. The number of fused-ring (bicyclic) bond motifs is 3. The zero-order valence-corrected chi connectivity index (χ0v) is 17.4. The number of ketones is 1. The minimum Gasteiger partial charge on any atom is -0.494 e. The third kappa shape index (κ3) is 2.93. The second-order valence-electron chi connectivity index (χ2n) is 8.11. The Hall–Kier alpha value is -1.67. The molecule has 1 N–H and O–H groups in total. The fourth-order valence-electron chi connectivity index (χ4n) is 4.81. The number of nitrogens with zero attached hydrogens (tertiary/aromatic N) is 1. The molecular formula is C19H24N2O4S2. The average Bonchev–Trinajstić information content (AvgIpc) is 3.12. The van der Waals surface area contributed by atoms with Gasteiger partial charge in [0.2, 0.25) is 10.0 Å². The fourth-order valence-corrected chi connectivity index (χ4v) is 7.81. The van der Waals surface area contributed by atoms with Crippen LogP contribution in [0.2, 0.25) is 0 Å². The number of hydrogen-bond donors (Lipinski definition) is 1. The predicted molar refractivity (Wildman–Crippen MR) is 107 cm³/mol. The van der Waals surface area contributed by atoms with Crippen LogP contribution in [-0.4, -0.2) is 31.5 Å². The Bertz CT molecular complexity index is 1010. The number of thiazole rings is 1. The van der Waals surface area contributed by atoms with Gasteiger partial charge in [0.15, 0.2) is 5.13 Å². The molecule has 2 aliphatic rings. The van der Waals surface area contributed by atoms with Gasteiger partial charge in [0.25, 0.3) is 0 Å². The summed E-state index contributed by atoms with van der Waals surface area (Å²) in [5, 5.41) is 0.327. The van der Waals surface area contributed by atoms with Crippen molar-refractivity contribution in [2.24, 2.45) is 16.7 Å². The van der Waals surface area contributed by atoms with E-state index in [1.807, 2.05) is 39.0 Å². The first kappa shape index (κ1) is 18.7. The van der Waals surface area contributed by atoms with Crippen molar-refractivity contribution in [1.29, 1.82) is 0 Å². The normalized spacial score (nSPS) is 26.6. The fraction of sp³-hybridized carbons (Fsp3) is 0.579. The van der Waals surface area contributed by atoms with Crippen LogP contribution in [-0.2, 0) is 14.8 Å². The third-order valence-electron chi connectivity index (χ3n) is 6.49. The molecule has 2 fully saturated rings. The molecule has 27 heavy (non-hydrogen) atoms. The van der Waals surface area contributed by atoms with E-state index in [-0.39, 0.29) is 17.0 Å². The largest absolute Gasteiger partial charge is 0.494 e. The number of sulfonamides is 1. The summed E-state index contributed by atoms with van der Waals surface area (Å²) in [4.78, 5) is 17.0. The van der Waals surface area contributed by atoms with E-state index < -0.39 is 15.4 Å². The molecule has 0 radical (unpaired) electrons. The van der Waals surface area contributed by atoms with Crippen LogP contribution in [0.4, 0.5) is 5.13 Å². The summed E-state index contributed by atoms with van der Waals surface area (Å²) >= 11 is 1.27. The van der Waals surface area contributed by atoms with Crippen LogP contribution in [0.1, 0.15) is 40.0 Å². The van der Waals surface area contributed by atoms with E-state index in [1.165, 1.54) is 11.3 Å². The van der Waals surface area contributed by atoms with E-state index >= 15 is 0 Å². The minimum absolute atomic E-state index is 0.0970. The molecule has 4 rings (SSSR count). The van der Waals surface area contributed by atoms with E-state index in [2.05, 4.69) is 9.71 Å². The molecule has 6 nitrogen and oxygen atoms in total. The molecule has 2 atom stereocenters. The maximum Gasteiger partial charge on any atom is 0.235 e. The van der Waals surface area contributed by atoms with E-state index in [4.69, 9.17) is 4.74 Å². The molecule has 2 aliphatic carbocycles. The molecule has 146 valence electrons. The number of anilines is 1. The molecule has 0 spiro atoms. The van der Waals surface area contributed by atoms with Gasteiger partial charge in [-0.15, -0.1) is 0 Å². The molecule has 1 aromatic carbocycles. The van der Waals surface area contributed by atoms with Gasteiger partial charge in [0.1, 0.15) is 11.5 Å². The molecule has 0 aliphatic heterocycles. The topological polar surface area (TPSA) is 85.4 Å². The van der Waals surface area contributed by atoms with Crippen molar-refractivity contribution < 1.29 is 17.9 Å². The maximum absolute atomic E-state index is 12.9. The number of nitrogens with one attached hydrogen (secondary N) is 1. The number of carbonyl (C=O) groups is 1. The van der Waals surface area contributed by atoms with Crippen molar-refractivity contribution in [3.8, 4) is 5.75 Å². The van der Waals surface area contributed by atoms with E-state index in [9.17, 15) is 13.2 Å². The van der Waals surface area contributed by atoms with E-state index in [0.29, 0.717) is 30.5 Å². The predicted octanol–water partition coefficient (Wildman–Crippen LogP) is 3.83. The molecule has 8 heteroatoms. The van der Waals surface area contributed by atoms with Crippen molar-refractivity contribution in [3.63, 3.8) is 0 Å². The molecule has 0 amide bonds. The molecule has 1 aromatic heterocycles. The van der Waals surface area contributed by atoms with E-state index in [1.54, 1.807) is 0 Å². The zero-order valence-electron chi connectivity index (χ0n) is 15.7. The zero-order chi connectivity index (χ0) is 19.4. The summed E-state index contributed by atoms with van der Waals surface area (Å²) in [6.45, 7) is 6.56. The lowest BCUT2D eigenvalue weighted by Crippen LogP contribution is -2.43. The second kappa shape index (κ2) is 6.17. The highest BCUT2D eigenvalue weighted by molar-refractivity contribution is 7.93. The number of Topliss-reactive ketones (excluding diaryl/α,β-unsaturated/α-hetero) is 1. The van der Waals surface area contributed by atoms with Crippen LogP contribution in [0.3, 0.4) is 0 Å². The van der Waals surface area contributed by atoms with Gasteiger partial charge in [-0.05, 0) is 49.3 Å². The molecule has 0 saturated heterocycles. The Morgan fingerprint density at radius 2 is 2.15 bits per heavy atom. The van der Waals surface area contributed by atoms with Crippen molar-refractivity contribution in [3.05, 3.63) is 18.2 Å². The summed E-state index contributed by atoms with van der Waals surface area (Å²) in [6.07, 6.45) is 2.08. The van der Waals surface area contributed by atoms with Crippen LogP contribution in [0.5, 0.6) is 5.75 Å². The van der Waals surface area contributed by atoms with Crippen LogP contribution in [0.25, 0.3) is 10.2 Å². The monoisotopic (exact) mass is 408 g/mol. The van der Waals surface area contributed by atoms with Gasteiger partial charge in [-0.25, -0.2) is 13.4 Å². The van der Waals surface area contributed by atoms with Crippen molar-refractivity contribution in [1.82, 2.24) is 4.98 Å². The highest BCUT2D eigenvalue weighted by atomic mass is 32.2. The molecule has 2 unspecified atom stereocenters. The summed E-state index contributed by atoms with van der Waals surface area (Å²) in [5.74, 6) is 0.958. The number of hydrogen-bond acceptors (Lipinski definition) is 6. The Balaban J connectivity index is 1.58. The van der Waals surface area contributed by atoms with Crippen LogP contribution < -0.4 is 9.46 Å². The lowest BCUT2D eigenvalue weighted by Gasteiger charge is -2.35. The first-order chi connectivity index (χ1) is 12.7. The lowest BCUT2D eigenvalue weighted by molar-refractivity contribution is -0.128. The molecule has 2 bridgehead atoms. The van der Waals surface area contributed by atoms with Crippen LogP contribution >= 0.6 is 11.3 Å². The molecule has 2 aromatic rings. The number of rotatable bonds is 6. The highest BCUT2D eigenvalue weighted by Gasteiger charge is 2.65. The molecule has 1 heterocycles. The number of carbonyl (C=O) groups excluding carboxylic acids is 1. The second-order valence-corrected chi connectivity index (χ2v) is 10.9. The smallest absolute Gasteiger partial charge is 0.235 e. The van der Waals surface area contributed by atoms with Crippen molar-refractivity contribution >= 4 is 42.5 Å². The molecular weight excluding hydrogens is 384 g/mol. The van der Waals surface area contributed by atoms with Gasteiger partial charge < -0.3 is 4.74 Å². The van der Waals surface area contributed by atoms with E-state index in [0.717, 1.165) is 22.4 Å². The summed E-state index contributed by atoms with van der Waals surface area (Å²) in [7, 11) is -3.69. The van der Waals surface area contributed by atoms with Crippen molar-refractivity contribution in [2.45, 2.75) is 40.0 Å². The quantitative estimate of drug-likeness (QED) is 0.785. The van der Waals surface area contributed by atoms with Gasteiger partial charge in [-0.1, -0.05) is 25.2 Å². The number of ether oxygens (including phenoxy) is 1. The number of aromatic nitrogens is 1. The third-order valence-corrected chi connectivity index (χ3v) is 8.93. The first-order valence-corrected chi connectivity index (χ1v) is 11.7. The number of benzene rings is 1. The average molecular weight is 409 g/mol. The summed E-state index contributed by atoms with van der Waals surface area (Å²) in [5.41, 5.74) is -0.335. The standard InChI is InChI=1S/C19H24N2O4S2/c1-4-25-13-5-6-14-15(10-13)26-17(20-14)21-27(23,24)11-19-8-7-12(9-16(19)22)18(19,2)3/h5-6,10,12H,4,7-9,11H2,1-3H3,(H,20,21). The Morgan fingerprint density at radius 3 is 2.78 bits per heavy atom. The minimum atomic E-state index is -3.69. The maximum atomic E-state index is 12.9. The van der Waals surface area contributed by atoms with Crippen LogP contribution in [0.15, 0.2) is 18.2 Å². The lowest BCUT2D eigenvalue weighted by atomic mass is 9.70. The summed E-state index contributed by atoms with van der Waals surface area (Å²) < 4.78 is 34.7. The van der Waals surface area contributed by atoms with Gasteiger partial charge in [-0.3, -0.25) is 9.52 Å². The summed E-state index contributed by atoms with van der Waals surface area (Å²) in [6, 6.07) is 5.50. The first-order valence-electron chi connectivity index (χ1n) is 9.24. The Morgan fingerprint density at radius 1 is 1.37 bits per heavy atom. The van der Waals surface area contributed by atoms with Crippen LogP contribution in [0, 0.1) is 16.7 Å².